The van der Waals surface area contributed by atoms with Gasteiger partial charge >= 0.3 is 5.97 Å². The molecule has 0 aliphatic rings. The zero-order valence-corrected chi connectivity index (χ0v) is 12.6. The quantitative estimate of drug-likeness (QED) is 0.914. The van der Waals surface area contributed by atoms with Crippen LogP contribution in [0.3, 0.4) is 0 Å². The molecule has 0 unspecified atom stereocenters. The number of anilines is 1. The van der Waals surface area contributed by atoms with Crippen LogP contribution in [-0.4, -0.2) is 22.6 Å². The molecule has 0 amide bonds. The Kier molecular flexibility index (Phi) is 4.58. The fraction of sp³-hybridized carbons (Fsp3) is 0.294. The molecule has 2 aromatic rings. The molecule has 1 aromatic carbocycles. The Labute approximate surface area is 125 Å². The molecule has 0 bridgehead atoms. The van der Waals surface area contributed by atoms with E-state index >= 15 is 0 Å². The van der Waals surface area contributed by atoms with Crippen LogP contribution in [0.5, 0.6) is 0 Å². The number of hydrogen-bond acceptors (Lipinski definition) is 3. The normalized spacial score (nSPS) is 10.4. The summed E-state index contributed by atoms with van der Waals surface area (Å²) in [6.07, 6.45) is 0. The summed E-state index contributed by atoms with van der Waals surface area (Å²) in [5, 5.41) is 9.40. The summed E-state index contributed by atoms with van der Waals surface area (Å²) < 4.78 is 0. The fourth-order valence-corrected chi connectivity index (χ4v) is 2.35. The molecule has 0 saturated carbocycles. The Morgan fingerprint density at radius 3 is 2.62 bits per heavy atom. The molecule has 2 rings (SSSR count). The Hall–Kier alpha value is -2.36. The van der Waals surface area contributed by atoms with E-state index < -0.39 is 5.97 Å². The van der Waals surface area contributed by atoms with Crippen molar-refractivity contribution in [3.63, 3.8) is 0 Å². The van der Waals surface area contributed by atoms with Gasteiger partial charge in [-0.1, -0.05) is 17.7 Å². The lowest BCUT2D eigenvalue weighted by Gasteiger charge is -2.24. The molecular formula is C17H20N2O2. The maximum absolute atomic E-state index is 11.5. The van der Waals surface area contributed by atoms with E-state index in [0.29, 0.717) is 12.1 Å². The smallest absolute Gasteiger partial charge is 0.337 e. The Bertz CT molecular complexity index is 653. The first-order valence-electron chi connectivity index (χ1n) is 7.02. The van der Waals surface area contributed by atoms with Gasteiger partial charge in [-0.3, -0.25) is 4.98 Å². The number of aromatic nitrogens is 1. The largest absolute Gasteiger partial charge is 0.478 e. The SMILES string of the molecule is CCN(Cc1cccc(C)n1)c1ccc(C)cc1C(=O)O. The minimum Gasteiger partial charge on any atom is -0.478 e. The van der Waals surface area contributed by atoms with E-state index in [0.717, 1.165) is 29.2 Å². The zero-order valence-electron chi connectivity index (χ0n) is 12.6. The van der Waals surface area contributed by atoms with Gasteiger partial charge in [0.05, 0.1) is 23.5 Å². The van der Waals surface area contributed by atoms with Crippen LogP contribution in [-0.2, 0) is 6.54 Å². The van der Waals surface area contributed by atoms with Crippen LogP contribution in [0.2, 0.25) is 0 Å². The molecule has 0 fully saturated rings. The maximum Gasteiger partial charge on any atom is 0.337 e. The molecule has 110 valence electrons. The maximum atomic E-state index is 11.5. The van der Waals surface area contributed by atoms with E-state index in [2.05, 4.69) is 4.98 Å². The predicted molar refractivity (Wildman–Crippen MR) is 83.8 cm³/mol. The van der Waals surface area contributed by atoms with Crippen molar-refractivity contribution in [2.24, 2.45) is 0 Å². The van der Waals surface area contributed by atoms with Crippen molar-refractivity contribution >= 4 is 11.7 Å². The molecule has 0 radical (unpaired) electrons. The molecule has 4 heteroatoms. The van der Waals surface area contributed by atoms with Gasteiger partial charge < -0.3 is 10.0 Å². The lowest BCUT2D eigenvalue weighted by Crippen LogP contribution is -2.25. The first-order valence-corrected chi connectivity index (χ1v) is 7.02. The Morgan fingerprint density at radius 2 is 2.00 bits per heavy atom. The molecule has 1 aromatic heterocycles. The molecule has 0 aliphatic heterocycles. The van der Waals surface area contributed by atoms with Crippen molar-refractivity contribution in [1.82, 2.24) is 4.98 Å². The highest BCUT2D eigenvalue weighted by molar-refractivity contribution is 5.94. The minimum atomic E-state index is -0.899. The van der Waals surface area contributed by atoms with Gasteiger partial charge in [0.25, 0.3) is 0 Å². The summed E-state index contributed by atoms with van der Waals surface area (Å²) in [7, 11) is 0. The van der Waals surface area contributed by atoms with Crippen LogP contribution in [0.25, 0.3) is 0 Å². The van der Waals surface area contributed by atoms with Gasteiger partial charge in [0.15, 0.2) is 0 Å². The first-order chi connectivity index (χ1) is 10.0. The van der Waals surface area contributed by atoms with Crippen molar-refractivity contribution in [2.75, 3.05) is 11.4 Å². The lowest BCUT2D eigenvalue weighted by atomic mass is 10.1. The topological polar surface area (TPSA) is 53.4 Å². The number of hydrogen-bond donors (Lipinski definition) is 1. The Morgan fingerprint density at radius 1 is 1.24 bits per heavy atom. The van der Waals surface area contributed by atoms with Crippen LogP contribution in [0, 0.1) is 13.8 Å². The second-order valence-electron chi connectivity index (χ2n) is 5.11. The molecule has 0 aliphatic carbocycles. The fourth-order valence-electron chi connectivity index (χ4n) is 2.35. The predicted octanol–water partition coefficient (Wildman–Crippen LogP) is 3.42. The number of carboxylic acids is 1. The molecule has 21 heavy (non-hydrogen) atoms. The van der Waals surface area contributed by atoms with Gasteiger partial charge in [0, 0.05) is 12.2 Å². The monoisotopic (exact) mass is 284 g/mol. The number of carbonyl (C=O) groups is 1. The molecule has 1 heterocycles. The average molecular weight is 284 g/mol. The summed E-state index contributed by atoms with van der Waals surface area (Å²) in [4.78, 5) is 18.0. The van der Waals surface area contributed by atoms with Gasteiger partial charge in [-0.15, -0.1) is 0 Å². The van der Waals surface area contributed by atoms with Gasteiger partial charge in [0.2, 0.25) is 0 Å². The number of aryl methyl sites for hydroxylation is 2. The lowest BCUT2D eigenvalue weighted by molar-refractivity contribution is 0.0697. The molecule has 0 saturated heterocycles. The number of pyridine rings is 1. The number of carboxylic acid groups (broad SMARTS) is 1. The van der Waals surface area contributed by atoms with Crippen LogP contribution in [0.15, 0.2) is 36.4 Å². The van der Waals surface area contributed by atoms with Crippen molar-refractivity contribution < 1.29 is 9.90 Å². The van der Waals surface area contributed by atoms with Crippen molar-refractivity contribution in [3.05, 3.63) is 58.9 Å². The summed E-state index contributed by atoms with van der Waals surface area (Å²) in [6, 6.07) is 11.4. The molecule has 0 spiro atoms. The van der Waals surface area contributed by atoms with Gasteiger partial charge in [-0.05, 0) is 45.0 Å². The number of rotatable bonds is 5. The van der Waals surface area contributed by atoms with Gasteiger partial charge in [-0.2, -0.15) is 0 Å². The van der Waals surface area contributed by atoms with Gasteiger partial charge in [-0.25, -0.2) is 4.79 Å². The average Bonchev–Trinajstić information content (AvgIpc) is 2.45. The summed E-state index contributed by atoms with van der Waals surface area (Å²) in [5.74, 6) is -0.899. The second-order valence-corrected chi connectivity index (χ2v) is 5.11. The third-order valence-corrected chi connectivity index (χ3v) is 3.40. The van der Waals surface area contributed by atoms with Crippen molar-refractivity contribution in [2.45, 2.75) is 27.3 Å². The second kappa shape index (κ2) is 6.39. The standard InChI is InChI=1S/C17H20N2O2/c1-4-19(11-14-7-5-6-13(3)18-14)16-9-8-12(2)10-15(16)17(20)21/h5-10H,4,11H2,1-3H3,(H,20,21). The summed E-state index contributed by atoms with van der Waals surface area (Å²) in [5.41, 5.74) is 3.92. The van der Waals surface area contributed by atoms with Crippen LogP contribution in [0.4, 0.5) is 5.69 Å². The third kappa shape index (κ3) is 3.60. The number of nitrogens with zero attached hydrogens (tertiary/aromatic N) is 2. The van der Waals surface area contributed by atoms with E-state index in [1.807, 2.05) is 56.0 Å². The molecule has 4 nitrogen and oxygen atoms in total. The molecular weight excluding hydrogens is 264 g/mol. The van der Waals surface area contributed by atoms with Crippen LogP contribution < -0.4 is 4.90 Å². The van der Waals surface area contributed by atoms with Crippen molar-refractivity contribution in [1.29, 1.82) is 0 Å². The summed E-state index contributed by atoms with van der Waals surface area (Å²) in [6.45, 7) is 7.19. The van der Waals surface area contributed by atoms with Crippen LogP contribution in [0.1, 0.15) is 34.2 Å². The highest BCUT2D eigenvalue weighted by Crippen LogP contribution is 2.23. The zero-order chi connectivity index (χ0) is 15.4. The molecule has 1 N–H and O–H groups in total. The highest BCUT2D eigenvalue weighted by atomic mass is 16.4. The van der Waals surface area contributed by atoms with Crippen LogP contribution >= 0.6 is 0 Å². The van der Waals surface area contributed by atoms with E-state index in [-0.39, 0.29) is 0 Å². The van der Waals surface area contributed by atoms with E-state index in [9.17, 15) is 9.90 Å². The van der Waals surface area contributed by atoms with E-state index in [4.69, 9.17) is 0 Å². The molecule has 0 atom stereocenters. The van der Waals surface area contributed by atoms with E-state index in [1.54, 1.807) is 6.07 Å². The first kappa shape index (κ1) is 15.0. The van der Waals surface area contributed by atoms with Gasteiger partial charge in [0.1, 0.15) is 0 Å². The highest BCUT2D eigenvalue weighted by Gasteiger charge is 2.16. The van der Waals surface area contributed by atoms with Crippen molar-refractivity contribution in [3.8, 4) is 0 Å². The third-order valence-electron chi connectivity index (χ3n) is 3.40. The number of benzene rings is 1. The Balaban J connectivity index is 2.35. The number of aromatic carboxylic acids is 1. The summed E-state index contributed by atoms with van der Waals surface area (Å²) >= 11 is 0. The minimum absolute atomic E-state index is 0.338. The van der Waals surface area contributed by atoms with E-state index in [1.165, 1.54) is 0 Å².